The van der Waals surface area contributed by atoms with Gasteiger partial charge in [-0.3, -0.25) is 4.79 Å². The molecule has 0 bridgehead atoms. The number of nitrogens with zero attached hydrogens (tertiary/aromatic N) is 3. The molecule has 1 atom stereocenters. The SMILES string of the molecule is Cc1cc(N2CCOCC2)nc(Nc2ccc(NC(=O)[C@@H]3COc4ccccc4O3)cc2)n1. The van der Waals surface area contributed by atoms with Crippen molar-refractivity contribution in [1.82, 2.24) is 9.97 Å². The lowest BCUT2D eigenvalue weighted by Crippen LogP contribution is -2.40. The monoisotopic (exact) mass is 447 g/mol. The number of nitrogens with one attached hydrogen (secondary N) is 2. The zero-order chi connectivity index (χ0) is 22.6. The number of para-hydroxylation sites is 2. The topological polar surface area (TPSA) is 97.8 Å². The van der Waals surface area contributed by atoms with Crippen molar-refractivity contribution in [2.45, 2.75) is 13.0 Å². The molecule has 1 saturated heterocycles. The van der Waals surface area contributed by atoms with E-state index in [9.17, 15) is 4.79 Å². The first kappa shape index (κ1) is 21.0. The average Bonchev–Trinajstić information content (AvgIpc) is 2.85. The highest BCUT2D eigenvalue weighted by Gasteiger charge is 2.27. The molecule has 3 heterocycles. The van der Waals surface area contributed by atoms with Gasteiger partial charge >= 0.3 is 0 Å². The Balaban J connectivity index is 1.21. The van der Waals surface area contributed by atoms with Gasteiger partial charge in [-0.2, -0.15) is 4.98 Å². The Kier molecular flexibility index (Phi) is 5.95. The molecular weight excluding hydrogens is 422 g/mol. The van der Waals surface area contributed by atoms with E-state index in [1.54, 1.807) is 6.07 Å². The van der Waals surface area contributed by atoms with Crippen LogP contribution >= 0.6 is 0 Å². The molecule has 9 nitrogen and oxygen atoms in total. The molecule has 0 radical (unpaired) electrons. The standard InChI is InChI=1S/C24H25N5O4/c1-16-14-22(29-10-12-31-13-11-29)28-24(25-16)27-18-8-6-17(7-9-18)26-23(30)21-15-32-19-4-2-3-5-20(19)33-21/h2-9,14,21H,10-13,15H2,1H3,(H,26,30)(H,25,27,28)/t21-/m0/s1. The van der Waals surface area contributed by atoms with Crippen LogP contribution in [0.4, 0.5) is 23.1 Å². The lowest BCUT2D eigenvalue weighted by molar-refractivity contribution is -0.125. The van der Waals surface area contributed by atoms with Crippen LogP contribution < -0.4 is 25.0 Å². The molecule has 1 amide bonds. The predicted octanol–water partition coefficient (Wildman–Crippen LogP) is 3.14. The highest BCUT2D eigenvalue weighted by Crippen LogP contribution is 2.31. The fourth-order valence-corrected chi connectivity index (χ4v) is 3.70. The average molecular weight is 447 g/mol. The van der Waals surface area contributed by atoms with Crippen molar-refractivity contribution < 1.29 is 19.0 Å². The minimum absolute atomic E-state index is 0.165. The van der Waals surface area contributed by atoms with Gasteiger partial charge in [0.15, 0.2) is 11.5 Å². The third kappa shape index (κ3) is 4.98. The van der Waals surface area contributed by atoms with Gasteiger partial charge in [0.25, 0.3) is 5.91 Å². The Morgan fingerprint density at radius 3 is 2.52 bits per heavy atom. The van der Waals surface area contributed by atoms with Gasteiger partial charge in [-0.1, -0.05) is 12.1 Å². The molecule has 0 spiro atoms. The first-order chi connectivity index (χ1) is 16.1. The quantitative estimate of drug-likeness (QED) is 0.616. The molecular formula is C24H25N5O4. The van der Waals surface area contributed by atoms with Crippen LogP contribution in [0, 0.1) is 6.92 Å². The number of aryl methyl sites for hydroxylation is 1. The maximum atomic E-state index is 12.6. The molecule has 0 saturated carbocycles. The summed E-state index contributed by atoms with van der Waals surface area (Å²) < 4.78 is 16.8. The van der Waals surface area contributed by atoms with E-state index in [2.05, 4.69) is 25.5 Å². The Morgan fingerprint density at radius 1 is 1.00 bits per heavy atom. The lowest BCUT2D eigenvalue weighted by atomic mass is 10.2. The van der Waals surface area contributed by atoms with Crippen molar-refractivity contribution in [3.8, 4) is 11.5 Å². The molecule has 5 rings (SSSR count). The van der Waals surface area contributed by atoms with E-state index in [0.717, 1.165) is 30.3 Å². The number of ether oxygens (including phenoxy) is 3. The summed E-state index contributed by atoms with van der Waals surface area (Å²) in [6, 6.07) is 16.6. The fraction of sp³-hybridized carbons (Fsp3) is 0.292. The smallest absolute Gasteiger partial charge is 0.269 e. The van der Waals surface area contributed by atoms with Crippen LogP contribution in [0.25, 0.3) is 0 Å². The minimum atomic E-state index is -0.711. The highest BCUT2D eigenvalue weighted by atomic mass is 16.6. The summed E-state index contributed by atoms with van der Waals surface area (Å²) in [7, 11) is 0. The van der Waals surface area contributed by atoms with Crippen molar-refractivity contribution in [1.29, 1.82) is 0 Å². The zero-order valence-electron chi connectivity index (χ0n) is 18.3. The molecule has 1 fully saturated rings. The Hall–Kier alpha value is -3.85. The van der Waals surface area contributed by atoms with E-state index in [1.165, 1.54) is 0 Å². The highest BCUT2D eigenvalue weighted by molar-refractivity contribution is 5.94. The lowest BCUT2D eigenvalue weighted by Gasteiger charge is -2.28. The van der Waals surface area contributed by atoms with Crippen LogP contribution in [0.5, 0.6) is 11.5 Å². The summed E-state index contributed by atoms with van der Waals surface area (Å²) in [5, 5.41) is 6.11. The maximum Gasteiger partial charge on any atom is 0.269 e. The normalized spacial score (nSPS) is 17.4. The fourth-order valence-electron chi connectivity index (χ4n) is 3.70. The number of morpholine rings is 1. The third-order valence-electron chi connectivity index (χ3n) is 5.39. The van der Waals surface area contributed by atoms with E-state index in [-0.39, 0.29) is 12.5 Å². The summed E-state index contributed by atoms with van der Waals surface area (Å²) in [4.78, 5) is 24.0. The van der Waals surface area contributed by atoms with Gasteiger partial charge in [-0.25, -0.2) is 4.98 Å². The summed E-state index contributed by atoms with van der Waals surface area (Å²) in [5.74, 6) is 2.36. The number of hydrogen-bond donors (Lipinski definition) is 2. The summed E-state index contributed by atoms with van der Waals surface area (Å²) >= 11 is 0. The van der Waals surface area contributed by atoms with E-state index < -0.39 is 6.10 Å². The number of hydrogen-bond acceptors (Lipinski definition) is 8. The minimum Gasteiger partial charge on any atom is -0.485 e. The molecule has 33 heavy (non-hydrogen) atoms. The van der Waals surface area contributed by atoms with Crippen molar-refractivity contribution in [3.63, 3.8) is 0 Å². The number of benzene rings is 2. The molecule has 2 aliphatic heterocycles. The number of carbonyl (C=O) groups is 1. The summed E-state index contributed by atoms with van der Waals surface area (Å²) in [5.41, 5.74) is 2.36. The molecule has 170 valence electrons. The van der Waals surface area contributed by atoms with Crippen LogP contribution in [0.1, 0.15) is 5.69 Å². The Labute approximate surface area is 191 Å². The van der Waals surface area contributed by atoms with Gasteiger partial charge in [-0.15, -0.1) is 0 Å². The largest absolute Gasteiger partial charge is 0.485 e. The molecule has 1 aromatic heterocycles. The number of carbonyl (C=O) groups excluding carboxylic acids is 1. The van der Waals surface area contributed by atoms with Crippen molar-refractivity contribution in [3.05, 3.63) is 60.3 Å². The van der Waals surface area contributed by atoms with Gasteiger partial charge in [0.1, 0.15) is 12.4 Å². The first-order valence-electron chi connectivity index (χ1n) is 10.9. The molecule has 0 aliphatic carbocycles. The van der Waals surface area contributed by atoms with Gasteiger partial charge in [0, 0.05) is 36.2 Å². The summed E-state index contributed by atoms with van der Waals surface area (Å²) in [6.07, 6.45) is -0.711. The molecule has 2 N–H and O–H groups in total. The van der Waals surface area contributed by atoms with Gasteiger partial charge in [-0.05, 0) is 43.3 Å². The number of aromatic nitrogens is 2. The predicted molar refractivity (Wildman–Crippen MR) is 125 cm³/mol. The van der Waals surface area contributed by atoms with Crippen molar-refractivity contribution >= 4 is 29.0 Å². The molecule has 0 unspecified atom stereocenters. The van der Waals surface area contributed by atoms with E-state index >= 15 is 0 Å². The van der Waals surface area contributed by atoms with E-state index in [0.29, 0.717) is 36.3 Å². The zero-order valence-corrected chi connectivity index (χ0v) is 18.3. The van der Waals surface area contributed by atoms with Crippen LogP contribution in [-0.4, -0.2) is 54.9 Å². The Bertz CT molecular complexity index is 1130. The number of anilines is 4. The van der Waals surface area contributed by atoms with Crippen molar-refractivity contribution in [2.24, 2.45) is 0 Å². The molecule has 3 aromatic rings. The Morgan fingerprint density at radius 2 is 1.73 bits per heavy atom. The maximum absolute atomic E-state index is 12.6. The number of fused-ring (bicyclic) bond motifs is 1. The number of amides is 1. The molecule has 9 heteroatoms. The second-order valence-corrected chi connectivity index (χ2v) is 7.85. The van der Waals surface area contributed by atoms with E-state index in [1.807, 2.05) is 55.5 Å². The summed E-state index contributed by atoms with van der Waals surface area (Å²) in [6.45, 7) is 5.13. The third-order valence-corrected chi connectivity index (χ3v) is 5.39. The first-order valence-corrected chi connectivity index (χ1v) is 10.9. The van der Waals surface area contributed by atoms with E-state index in [4.69, 9.17) is 14.2 Å². The van der Waals surface area contributed by atoms with Crippen molar-refractivity contribution in [2.75, 3.05) is 48.4 Å². The van der Waals surface area contributed by atoms with Crippen LogP contribution in [-0.2, 0) is 9.53 Å². The molecule has 2 aliphatic rings. The van der Waals surface area contributed by atoms with Gasteiger partial charge in [0.05, 0.1) is 13.2 Å². The second-order valence-electron chi connectivity index (χ2n) is 7.85. The van der Waals surface area contributed by atoms with Crippen LogP contribution in [0.2, 0.25) is 0 Å². The molecule has 2 aromatic carbocycles. The van der Waals surface area contributed by atoms with Crippen LogP contribution in [0.3, 0.4) is 0 Å². The van der Waals surface area contributed by atoms with Gasteiger partial charge < -0.3 is 29.7 Å². The van der Waals surface area contributed by atoms with Crippen LogP contribution in [0.15, 0.2) is 54.6 Å². The second kappa shape index (κ2) is 9.33. The van der Waals surface area contributed by atoms with Gasteiger partial charge in [0.2, 0.25) is 12.1 Å². The number of rotatable bonds is 5.